The fourth-order valence-electron chi connectivity index (χ4n) is 7.13. The fraction of sp³-hybridized carbons (Fsp3) is 0.955. The molecule has 0 amide bonds. The van der Waals surface area contributed by atoms with Crippen LogP contribution in [0.15, 0.2) is 0 Å². The molecule has 1 saturated heterocycles. The molecule has 10 heteroatoms. The molecule has 54 heavy (non-hydrogen) atoms. The second-order valence-corrected chi connectivity index (χ2v) is 15.9. The number of hydrogen-bond acceptors (Lipinski definition) is 10. The highest BCUT2D eigenvalue weighted by Crippen LogP contribution is 2.23. The standard InChI is InChI=1S/C44H84O10/c1-3-5-7-9-11-13-15-17-18-19-20-21-23-25-27-29-31-33-40(47)53-37(36-52-44-43(50)42(49)41(48)38(34-45)54-44)35-51-39(46)32-30-28-26-24-22-16-14-12-10-8-6-4-2/h37-38,41-45,48-50H,3-36H2,1-2H3/t37-,38-,41+,42?,43?,44-/m1/s1. The zero-order chi connectivity index (χ0) is 39.5. The highest BCUT2D eigenvalue weighted by molar-refractivity contribution is 5.70. The van der Waals surface area contributed by atoms with E-state index in [9.17, 15) is 30.0 Å². The van der Waals surface area contributed by atoms with E-state index in [1.54, 1.807) is 0 Å². The summed E-state index contributed by atoms with van der Waals surface area (Å²) in [5.41, 5.74) is 0. The van der Waals surface area contributed by atoms with Gasteiger partial charge >= 0.3 is 11.9 Å². The predicted octanol–water partition coefficient (Wildman–Crippen LogP) is 9.39. The van der Waals surface area contributed by atoms with Crippen LogP contribution in [-0.4, -0.2) is 89.0 Å². The quantitative estimate of drug-likeness (QED) is 0.0353. The van der Waals surface area contributed by atoms with E-state index >= 15 is 0 Å². The minimum Gasteiger partial charge on any atom is -0.462 e. The molecule has 10 nitrogen and oxygen atoms in total. The molecule has 0 aliphatic carbocycles. The summed E-state index contributed by atoms with van der Waals surface area (Å²) in [7, 11) is 0. The van der Waals surface area contributed by atoms with Crippen LogP contribution in [0, 0.1) is 0 Å². The number of unbranched alkanes of at least 4 members (excludes halogenated alkanes) is 27. The number of hydrogen-bond donors (Lipinski definition) is 4. The number of esters is 2. The second kappa shape index (κ2) is 36.1. The van der Waals surface area contributed by atoms with E-state index in [1.807, 2.05) is 0 Å². The molecule has 0 aromatic heterocycles. The first-order chi connectivity index (χ1) is 26.3. The molecular weight excluding hydrogens is 688 g/mol. The summed E-state index contributed by atoms with van der Waals surface area (Å²) >= 11 is 0. The van der Waals surface area contributed by atoms with Crippen LogP contribution in [0.5, 0.6) is 0 Å². The summed E-state index contributed by atoms with van der Waals surface area (Å²) in [4.78, 5) is 25.3. The van der Waals surface area contributed by atoms with Crippen molar-refractivity contribution in [3.05, 3.63) is 0 Å². The first kappa shape index (κ1) is 50.7. The maximum atomic E-state index is 12.8. The lowest BCUT2D eigenvalue weighted by Gasteiger charge is -2.39. The van der Waals surface area contributed by atoms with E-state index in [0.717, 1.165) is 38.5 Å². The molecule has 1 fully saturated rings. The normalized spacial score (nSPS) is 20.6. The van der Waals surface area contributed by atoms with Gasteiger partial charge in [0.05, 0.1) is 13.2 Å². The van der Waals surface area contributed by atoms with Gasteiger partial charge in [-0.25, -0.2) is 0 Å². The smallest absolute Gasteiger partial charge is 0.306 e. The third-order valence-corrected chi connectivity index (χ3v) is 10.7. The summed E-state index contributed by atoms with van der Waals surface area (Å²) in [6, 6.07) is 0. The van der Waals surface area contributed by atoms with E-state index in [-0.39, 0.29) is 32.0 Å². The molecule has 1 aliphatic heterocycles. The number of aliphatic hydroxyl groups is 4. The van der Waals surface area contributed by atoms with Crippen molar-refractivity contribution in [1.82, 2.24) is 0 Å². The molecule has 1 aliphatic rings. The molecule has 0 radical (unpaired) electrons. The summed E-state index contributed by atoms with van der Waals surface area (Å²) in [5, 5.41) is 40.0. The van der Waals surface area contributed by atoms with Gasteiger partial charge in [0, 0.05) is 12.8 Å². The van der Waals surface area contributed by atoms with E-state index in [1.165, 1.54) is 141 Å². The number of carbonyl (C=O) groups excluding carboxylic acids is 2. The van der Waals surface area contributed by atoms with Crippen LogP contribution < -0.4 is 0 Å². The SMILES string of the molecule is CCCCCCCCCCCCCCCCCCCC(=O)O[C@H](COC(=O)CCCCCCCCCCCCCC)CO[C@@H]1O[C@H](CO)[C@H](O)C(O)C1O. The van der Waals surface area contributed by atoms with Crippen molar-refractivity contribution in [2.45, 2.75) is 250 Å². The summed E-state index contributed by atoms with van der Waals surface area (Å²) < 4.78 is 22.2. The van der Waals surface area contributed by atoms with Crippen LogP contribution in [0.4, 0.5) is 0 Å². The Morgan fingerprint density at radius 2 is 0.870 bits per heavy atom. The number of rotatable bonds is 38. The second-order valence-electron chi connectivity index (χ2n) is 15.9. The largest absolute Gasteiger partial charge is 0.462 e. The molecule has 1 heterocycles. The van der Waals surface area contributed by atoms with E-state index < -0.39 is 49.4 Å². The Balaban J connectivity index is 2.30. The Hall–Kier alpha value is -1.30. The lowest BCUT2D eigenvalue weighted by atomic mass is 9.99. The first-order valence-electron chi connectivity index (χ1n) is 22.6. The summed E-state index contributed by atoms with van der Waals surface area (Å²) in [6.07, 6.45) is 28.2. The molecule has 320 valence electrons. The van der Waals surface area contributed by atoms with Crippen LogP contribution >= 0.6 is 0 Å². The number of ether oxygens (including phenoxy) is 4. The highest BCUT2D eigenvalue weighted by Gasteiger charge is 2.44. The van der Waals surface area contributed by atoms with Crippen molar-refractivity contribution in [2.24, 2.45) is 0 Å². The Morgan fingerprint density at radius 3 is 1.26 bits per heavy atom. The van der Waals surface area contributed by atoms with Crippen molar-refractivity contribution < 1.29 is 49.0 Å². The predicted molar refractivity (Wildman–Crippen MR) is 215 cm³/mol. The molecule has 4 N–H and O–H groups in total. The zero-order valence-corrected chi connectivity index (χ0v) is 34.7. The minimum atomic E-state index is -1.59. The van der Waals surface area contributed by atoms with E-state index in [2.05, 4.69) is 13.8 Å². The van der Waals surface area contributed by atoms with Gasteiger partial charge in [-0.1, -0.05) is 187 Å². The third kappa shape index (κ3) is 27.3. The molecule has 0 saturated carbocycles. The minimum absolute atomic E-state index is 0.209. The first-order valence-corrected chi connectivity index (χ1v) is 22.6. The summed E-state index contributed by atoms with van der Waals surface area (Å²) in [6.45, 7) is 3.45. The van der Waals surface area contributed by atoms with Gasteiger partial charge in [0.2, 0.25) is 0 Å². The molecular formula is C44H84O10. The number of aliphatic hydroxyl groups excluding tert-OH is 4. The van der Waals surface area contributed by atoms with E-state index in [0.29, 0.717) is 6.42 Å². The summed E-state index contributed by atoms with van der Waals surface area (Å²) in [5.74, 6) is -0.792. The van der Waals surface area contributed by atoms with Gasteiger partial charge in [0.25, 0.3) is 0 Å². The highest BCUT2D eigenvalue weighted by atomic mass is 16.7. The van der Waals surface area contributed by atoms with Gasteiger partial charge in [-0.05, 0) is 12.8 Å². The van der Waals surface area contributed by atoms with Gasteiger partial charge < -0.3 is 39.4 Å². The maximum absolute atomic E-state index is 12.8. The van der Waals surface area contributed by atoms with Crippen molar-refractivity contribution in [2.75, 3.05) is 19.8 Å². The maximum Gasteiger partial charge on any atom is 0.306 e. The Morgan fingerprint density at radius 1 is 0.500 bits per heavy atom. The average molecular weight is 773 g/mol. The lowest BCUT2D eigenvalue weighted by Crippen LogP contribution is -2.59. The third-order valence-electron chi connectivity index (χ3n) is 10.7. The molecule has 2 unspecified atom stereocenters. The molecule has 0 bridgehead atoms. The number of carbonyl (C=O) groups is 2. The van der Waals surface area contributed by atoms with Crippen LogP contribution in [-0.2, 0) is 28.5 Å². The van der Waals surface area contributed by atoms with Gasteiger partial charge in [-0.15, -0.1) is 0 Å². The molecule has 0 spiro atoms. The van der Waals surface area contributed by atoms with Crippen LogP contribution in [0.3, 0.4) is 0 Å². The lowest BCUT2D eigenvalue weighted by molar-refractivity contribution is -0.305. The topological polar surface area (TPSA) is 152 Å². The van der Waals surface area contributed by atoms with Crippen molar-refractivity contribution >= 4 is 11.9 Å². The van der Waals surface area contributed by atoms with Crippen molar-refractivity contribution in [1.29, 1.82) is 0 Å². The molecule has 0 aromatic carbocycles. The Bertz CT molecular complexity index is 855. The van der Waals surface area contributed by atoms with Crippen molar-refractivity contribution in [3.8, 4) is 0 Å². The zero-order valence-electron chi connectivity index (χ0n) is 34.7. The van der Waals surface area contributed by atoms with Crippen LogP contribution in [0.25, 0.3) is 0 Å². The Kier molecular flexibility index (Phi) is 33.9. The van der Waals surface area contributed by atoms with E-state index in [4.69, 9.17) is 18.9 Å². The van der Waals surface area contributed by atoms with Gasteiger partial charge in [-0.3, -0.25) is 9.59 Å². The van der Waals surface area contributed by atoms with Gasteiger partial charge in [0.15, 0.2) is 12.4 Å². The molecule has 1 rings (SSSR count). The Labute approximate surface area is 329 Å². The van der Waals surface area contributed by atoms with Crippen molar-refractivity contribution in [3.63, 3.8) is 0 Å². The van der Waals surface area contributed by atoms with Crippen LogP contribution in [0.2, 0.25) is 0 Å². The fourth-order valence-corrected chi connectivity index (χ4v) is 7.13. The molecule has 6 atom stereocenters. The van der Waals surface area contributed by atoms with Gasteiger partial charge in [0.1, 0.15) is 31.0 Å². The van der Waals surface area contributed by atoms with Crippen LogP contribution in [0.1, 0.15) is 213 Å². The van der Waals surface area contributed by atoms with Gasteiger partial charge in [-0.2, -0.15) is 0 Å². The molecule has 0 aromatic rings. The monoisotopic (exact) mass is 773 g/mol. The average Bonchev–Trinajstić information content (AvgIpc) is 3.17.